The molecule has 54 heavy (non-hydrogen) atoms. The molecule has 10 rings (SSSR count). The van der Waals surface area contributed by atoms with Crippen LogP contribution in [-0.2, 0) is 0 Å². The van der Waals surface area contributed by atoms with Gasteiger partial charge in [0.2, 0.25) is 0 Å². The number of aromatic nitrogens is 3. The van der Waals surface area contributed by atoms with Crippen LogP contribution in [0.1, 0.15) is 0 Å². The molecular formula is C51H33N3. The molecule has 3 nitrogen and oxygen atoms in total. The monoisotopic (exact) mass is 687 g/mol. The summed E-state index contributed by atoms with van der Waals surface area (Å²) in [7, 11) is 0. The first-order valence-corrected chi connectivity index (χ1v) is 18.3. The molecule has 0 aliphatic carbocycles. The molecule has 0 amide bonds. The van der Waals surface area contributed by atoms with Crippen molar-refractivity contribution < 1.29 is 0 Å². The van der Waals surface area contributed by atoms with Gasteiger partial charge in [-0.25, -0.2) is 15.0 Å². The van der Waals surface area contributed by atoms with E-state index in [1.807, 2.05) is 18.2 Å². The second-order valence-corrected chi connectivity index (χ2v) is 13.6. The van der Waals surface area contributed by atoms with Crippen LogP contribution < -0.4 is 0 Å². The van der Waals surface area contributed by atoms with Crippen molar-refractivity contribution in [2.45, 2.75) is 0 Å². The highest BCUT2D eigenvalue weighted by Crippen LogP contribution is 2.40. The van der Waals surface area contributed by atoms with Crippen molar-refractivity contribution in [1.82, 2.24) is 15.0 Å². The van der Waals surface area contributed by atoms with E-state index in [0.29, 0.717) is 17.5 Å². The maximum absolute atomic E-state index is 5.25. The van der Waals surface area contributed by atoms with E-state index in [9.17, 15) is 0 Å². The highest BCUT2D eigenvalue weighted by Gasteiger charge is 2.18. The van der Waals surface area contributed by atoms with Gasteiger partial charge in [-0.1, -0.05) is 188 Å². The van der Waals surface area contributed by atoms with E-state index < -0.39 is 0 Å². The lowest BCUT2D eigenvalue weighted by atomic mass is 9.91. The van der Waals surface area contributed by atoms with Crippen LogP contribution in [0.3, 0.4) is 0 Å². The van der Waals surface area contributed by atoms with Crippen molar-refractivity contribution in [2.75, 3.05) is 0 Å². The Kier molecular flexibility index (Phi) is 7.81. The Morgan fingerprint density at radius 2 is 0.648 bits per heavy atom. The summed E-state index contributed by atoms with van der Waals surface area (Å²) >= 11 is 0. The Hall–Kier alpha value is -7.23. The average molecular weight is 688 g/mol. The number of hydrogen-bond donors (Lipinski definition) is 0. The standard InChI is InChI=1S/C51H33N3/c1-3-14-34(15-4-1)42-30-31-43(45-24-12-11-23-44(42)45)36-26-28-38(29-27-36)50-52-49(37-17-5-2-6-18-37)53-51(54-50)48-33-40-20-8-7-19-39(40)32-47(48)46-25-13-21-35-16-9-10-22-41(35)46/h1-33H. The summed E-state index contributed by atoms with van der Waals surface area (Å²) in [4.78, 5) is 15.5. The molecule has 10 aromatic rings. The molecule has 0 aliphatic heterocycles. The minimum atomic E-state index is 0.631. The SMILES string of the molecule is c1ccc(-c2nc(-c3ccc(-c4ccc(-c5ccccc5)c5ccccc45)cc3)nc(-c3cc4ccccc4cc3-c3cccc4ccccc34)n2)cc1. The molecule has 0 saturated carbocycles. The molecule has 0 bridgehead atoms. The second kappa shape index (κ2) is 13.4. The normalized spacial score (nSPS) is 11.3. The van der Waals surface area contributed by atoms with Gasteiger partial charge in [0.05, 0.1) is 0 Å². The van der Waals surface area contributed by atoms with Crippen molar-refractivity contribution in [1.29, 1.82) is 0 Å². The number of benzene rings is 9. The van der Waals surface area contributed by atoms with E-state index in [4.69, 9.17) is 15.0 Å². The van der Waals surface area contributed by atoms with E-state index in [2.05, 4.69) is 182 Å². The first-order valence-electron chi connectivity index (χ1n) is 18.3. The van der Waals surface area contributed by atoms with Crippen LogP contribution in [0.25, 0.3) is 99.9 Å². The number of nitrogens with zero attached hydrogens (tertiary/aromatic N) is 3. The first-order chi connectivity index (χ1) is 26.8. The smallest absolute Gasteiger partial charge is 0.164 e. The van der Waals surface area contributed by atoms with Crippen molar-refractivity contribution in [3.05, 3.63) is 200 Å². The molecular weight excluding hydrogens is 655 g/mol. The second-order valence-electron chi connectivity index (χ2n) is 13.6. The molecule has 0 atom stereocenters. The Bertz CT molecular complexity index is 2970. The lowest BCUT2D eigenvalue weighted by Gasteiger charge is -2.15. The van der Waals surface area contributed by atoms with Crippen LogP contribution in [0.4, 0.5) is 0 Å². The molecule has 0 unspecified atom stereocenters. The van der Waals surface area contributed by atoms with Crippen LogP contribution >= 0.6 is 0 Å². The van der Waals surface area contributed by atoms with Gasteiger partial charge in [-0.05, 0) is 77.8 Å². The van der Waals surface area contributed by atoms with E-state index in [1.54, 1.807) is 0 Å². The van der Waals surface area contributed by atoms with Crippen LogP contribution in [0.2, 0.25) is 0 Å². The van der Waals surface area contributed by atoms with Gasteiger partial charge < -0.3 is 0 Å². The molecule has 0 aliphatic rings. The summed E-state index contributed by atoms with van der Waals surface area (Å²) in [6.45, 7) is 0. The maximum atomic E-state index is 5.25. The zero-order valence-corrected chi connectivity index (χ0v) is 29.4. The first kappa shape index (κ1) is 31.5. The summed E-state index contributed by atoms with van der Waals surface area (Å²) in [6.07, 6.45) is 0. The van der Waals surface area contributed by atoms with Crippen molar-refractivity contribution in [3.8, 4) is 67.5 Å². The number of fused-ring (bicyclic) bond motifs is 3. The van der Waals surface area contributed by atoms with E-state index in [0.717, 1.165) is 38.8 Å². The largest absolute Gasteiger partial charge is 0.208 e. The zero-order valence-electron chi connectivity index (χ0n) is 29.4. The Balaban J connectivity index is 1.13. The molecule has 0 spiro atoms. The van der Waals surface area contributed by atoms with Gasteiger partial charge in [0.15, 0.2) is 17.5 Å². The molecule has 9 aromatic carbocycles. The highest BCUT2D eigenvalue weighted by atomic mass is 15.0. The quantitative estimate of drug-likeness (QED) is 0.175. The molecule has 1 heterocycles. The lowest BCUT2D eigenvalue weighted by Crippen LogP contribution is -2.01. The minimum Gasteiger partial charge on any atom is -0.208 e. The zero-order chi connectivity index (χ0) is 35.8. The Morgan fingerprint density at radius 3 is 1.28 bits per heavy atom. The molecule has 3 heteroatoms. The summed E-state index contributed by atoms with van der Waals surface area (Å²) in [6, 6.07) is 70.6. The lowest BCUT2D eigenvalue weighted by molar-refractivity contribution is 1.07. The Morgan fingerprint density at radius 1 is 0.222 bits per heavy atom. The summed E-state index contributed by atoms with van der Waals surface area (Å²) in [5.74, 6) is 1.91. The maximum Gasteiger partial charge on any atom is 0.164 e. The van der Waals surface area contributed by atoms with Gasteiger partial charge in [0.1, 0.15) is 0 Å². The predicted octanol–water partition coefficient (Wildman–Crippen LogP) is 13.3. The van der Waals surface area contributed by atoms with E-state index in [1.165, 1.54) is 43.6 Å². The van der Waals surface area contributed by atoms with Gasteiger partial charge in [-0.2, -0.15) is 0 Å². The van der Waals surface area contributed by atoms with E-state index >= 15 is 0 Å². The van der Waals surface area contributed by atoms with Gasteiger partial charge in [-0.15, -0.1) is 0 Å². The van der Waals surface area contributed by atoms with Crippen LogP contribution in [0, 0.1) is 0 Å². The average Bonchev–Trinajstić information content (AvgIpc) is 3.26. The highest BCUT2D eigenvalue weighted by molar-refractivity contribution is 6.06. The fourth-order valence-electron chi connectivity index (χ4n) is 7.67. The van der Waals surface area contributed by atoms with Gasteiger partial charge in [0, 0.05) is 16.7 Å². The third-order valence-electron chi connectivity index (χ3n) is 10.3. The molecule has 0 radical (unpaired) electrons. The van der Waals surface area contributed by atoms with Crippen molar-refractivity contribution in [2.24, 2.45) is 0 Å². The summed E-state index contributed by atoms with van der Waals surface area (Å²) in [5.41, 5.74) is 9.84. The fraction of sp³-hybridized carbons (Fsp3) is 0. The van der Waals surface area contributed by atoms with Gasteiger partial charge >= 0.3 is 0 Å². The van der Waals surface area contributed by atoms with Crippen LogP contribution in [-0.4, -0.2) is 15.0 Å². The molecule has 0 fully saturated rings. The Labute approximate surface area is 313 Å². The third-order valence-corrected chi connectivity index (χ3v) is 10.3. The van der Waals surface area contributed by atoms with Crippen LogP contribution in [0.15, 0.2) is 200 Å². The third kappa shape index (κ3) is 5.69. The molecule has 0 saturated heterocycles. The molecule has 252 valence electrons. The predicted molar refractivity (Wildman–Crippen MR) is 225 cm³/mol. The summed E-state index contributed by atoms with van der Waals surface area (Å²) in [5, 5.41) is 7.14. The molecule has 1 aromatic heterocycles. The topological polar surface area (TPSA) is 38.7 Å². The molecule has 0 N–H and O–H groups in total. The van der Waals surface area contributed by atoms with Gasteiger partial charge in [-0.3, -0.25) is 0 Å². The fourth-order valence-corrected chi connectivity index (χ4v) is 7.67. The van der Waals surface area contributed by atoms with Gasteiger partial charge in [0.25, 0.3) is 0 Å². The number of rotatable bonds is 6. The van der Waals surface area contributed by atoms with E-state index in [-0.39, 0.29) is 0 Å². The summed E-state index contributed by atoms with van der Waals surface area (Å²) < 4.78 is 0. The van der Waals surface area contributed by atoms with Crippen molar-refractivity contribution >= 4 is 32.3 Å². The van der Waals surface area contributed by atoms with Crippen molar-refractivity contribution in [3.63, 3.8) is 0 Å². The minimum absolute atomic E-state index is 0.631. The van der Waals surface area contributed by atoms with Crippen LogP contribution in [0.5, 0.6) is 0 Å². The number of hydrogen-bond acceptors (Lipinski definition) is 3.